The SMILES string of the molecule is C=C(C)[C@@H]1CCC(C)=C[C@H]1c1c(O)cc(CCCCC)cc1OC(=O)CCCC1CO1. The summed E-state index contributed by atoms with van der Waals surface area (Å²) in [6, 6.07) is 3.83. The summed E-state index contributed by atoms with van der Waals surface area (Å²) >= 11 is 0. The van der Waals surface area contributed by atoms with Crippen LogP contribution in [0.15, 0.2) is 35.9 Å². The Balaban J connectivity index is 1.88. The van der Waals surface area contributed by atoms with Crippen molar-refractivity contribution in [3.63, 3.8) is 0 Å². The molecule has 1 aliphatic heterocycles. The predicted octanol–water partition coefficient (Wildman–Crippen LogP) is 6.62. The number of allylic oxidation sites excluding steroid dienone is 3. The summed E-state index contributed by atoms with van der Waals surface area (Å²) in [7, 11) is 0. The lowest BCUT2D eigenvalue weighted by atomic mass is 9.73. The molecule has 2 aliphatic rings. The Morgan fingerprint density at radius 1 is 1.29 bits per heavy atom. The number of hydrogen-bond donors (Lipinski definition) is 1. The van der Waals surface area contributed by atoms with Crippen LogP contribution in [0.4, 0.5) is 0 Å². The second-order valence-corrected chi connectivity index (χ2v) is 9.34. The number of unbranched alkanes of at least 4 members (excludes halogenated alkanes) is 2. The molecule has 1 aromatic carbocycles. The summed E-state index contributed by atoms with van der Waals surface area (Å²) in [6.45, 7) is 11.4. The number of rotatable bonds is 11. The first kappa shape index (κ1) is 23.6. The van der Waals surface area contributed by atoms with Crippen molar-refractivity contribution in [2.45, 2.75) is 90.6 Å². The van der Waals surface area contributed by atoms with Crippen molar-refractivity contribution in [2.24, 2.45) is 5.92 Å². The third-order valence-corrected chi connectivity index (χ3v) is 6.50. The van der Waals surface area contributed by atoms with E-state index in [9.17, 15) is 9.90 Å². The number of aryl methyl sites for hydroxylation is 1. The summed E-state index contributed by atoms with van der Waals surface area (Å²) in [5, 5.41) is 11.1. The first-order chi connectivity index (χ1) is 14.9. The molecule has 1 unspecified atom stereocenters. The van der Waals surface area contributed by atoms with Gasteiger partial charge < -0.3 is 14.6 Å². The van der Waals surface area contributed by atoms with Gasteiger partial charge in [-0.05, 0) is 76.0 Å². The maximum atomic E-state index is 12.6. The van der Waals surface area contributed by atoms with Crippen LogP contribution in [0, 0.1) is 5.92 Å². The lowest BCUT2D eigenvalue weighted by molar-refractivity contribution is -0.134. The second kappa shape index (κ2) is 11.0. The number of aromatic hydroxyl groups is 1. The van der Waals surface area contributed by atoms with Crippen molar-refractivity contribution >= 4 is 5.97 Å². The molecule has 170 valence electrons. The van der Waals surface area contributed by atoms with Crippen LogP contribution in [0.2, 0.25) is 0 Å². The van der Waals surface area contributed by atoms with Crippen LogP contribution in [0.25, 0.3) is 0 Å². The van der Waals surface area contributed by atoms with Gasteiger partial charge in [-0.25, -0.2) is 0 Å². The standard InChI is InChI=1S/C27H38O4/c1-5-6-7-9-20-15-24(28)27(23-14-19(4)12-13-22(23)18(2)3)25(16-20)31-26(29)11-8-10-21-17-30-21/h14-16,21-23,28H,2,5-13,17H2,1,3-4H3/t21?,22-,23+/m0/s1. The molecule has 1 saturated heterocycles. The highest BCUT2D eigenvalue weighted by molar-refractivity contribution is 5.73. The maximum absolute atomic E-state index is 12.6. The van der Waals surface area contributed by atoms with Gasteiger partial charge in [0.15, 0.2) is 0 Å². The van der Waals surface area contributed by atoms with Gasteiger partial charge in [0.25, 0.3) is 0 Å². The normalized spacial score (nSPS) is 22.7. The Hall–Kier alpha value is -2.07. The van der Waals surface area contributed by atoms with E-state index in [4.69, 9.17) is 9.47 Å². The number of phenolic OH excluding ortho intramolecular Hbond substituents is 1. The monoisotopic (exact) mass is 426 g/mol. The third kappa shape index (κ3) is 6.70. The van der Waals surface area contributed by atoms with Crippen molar-refractivity contribution in [3.8, 4) is 11.5 Å². The molecule has 4 nitrogen and oxygen atoms in total. The Labute approximate surface area is 187 Å². The Bertz CT molecular complexity index is 819. The van der Waals surface area contributed by atoms with Gasteiger partial charge in [-0.3, -0.25) is 4.79 Å². The molecule has 0 saturated carbocycles. The number of hydrogen-bond acceptors (Lipinski definition) is 4. The van der Waals surface area contributed by atoms with E-state index >= 15 is 0 Å². The number of phenols is 1. The summed E-state index contributed by atoms with van der Waals surface area (Å²) in [4.78, 5) is 12.6. The van der Waals surface area contributed by atoms with Crippen molar-refractivity contribution in [3.05, 3.63) is 47.1 Å². The van der Waals surface area contributed by atoms with Crippen molar-refractivity contribution in [2.75, 3.05) is 6.61 Å². The lowest BCUT2D eigenvalue weighted by Gasteiger charge is -2.32. The van der Waals surface area contributed by atoms with Gasteiger partial charge in [-0.1, -0.05) is 43.6 Å². The van der Waals surface area contributed by atoms with Crippen LogP contribution < -0.4 is 4.74 Å². The third-order valence-electron chi connectivity index (χ3n) is 6.50. The number of ether oxygens (including phenoxy) is 2. The molecule has 0 amide bonds. The van der Waals surface area contributed by atoms with Crippen molar-refractivity contribution in [1.82, 2.24) is 0 Å². The van der Waals surface area contributed by atoms with Gasteiger partial charge in [0.05, 0.1) is 12.7 Å². The van der Waals surface area contributed by atoms with E-state index in [0.717, 1.165) is 74.7 Å². The van der Waals surface area contributed by atoms with E-state index < -0.39 is 0 Å². The highest BCUT2D eigenvalue weighted by atomic mass is 16.6. The van der Waals surface area contributed by atoms with Crippen molar-refractivity contribution < 1.29 is 19.4 Å². The zero-order valence-corrected chi connectivity index (χ0v) is 19.4. The number of carbonyl (C=O) groups is 1. The Morgan fingerprint density at radius 3 is 2.74 bits per heavy atom. The van der Waals surface area contributed by atoms with Crippen LogP contribution in [0.3, 0.4) is 0 Å². The zero-order valence-electron chi connectivity index (χ0n) is 19.4. The van der Waals surface area contributed by atoms with Gasteiger partial charge in [0.1, 0.15) is 11.5 Å². The molecular formula is C27H38O4. The highest BCUT2D eigenvalue weighted by Crippen LogP contribution is 2.47. The second-order valence-electron chi connectivity index (χ2n) is 9.34. The Morgan fingerprint density at radius 2 is 2.06 bits per heavy atom. The fourth-order valence-corrected chi connectivity index (χ4v) is 4.60. The number of epoxide rings is 1. The largest absolute Gasteiger partial charge is 0.507 e. The quantitative estimate of drug-likeness (QED) is 0.142. The summed E-state index contributed by atoms with van der Waals surface area (Å²) in [5.41, 5.74) is 4.15. The minimum Gasteiger partial charge on any atom is -0.507 e. The average Bonchev–Trinajstić information content (AvgIpc) is 3.52. The minimum absolute atomic E-state index is 0.0291. The fraction of sp³-hybridized carbons (Fsp3) is 0.593. The van der Waals surface area contributed by atoms with Gasteiger partial charge >= 0.3 is 5.97 Å². The topological polar surface area (TPSA) is 59.1 Å². The lowest BCUT2D eigenvalue weighted by Crippen LogP contribution is -2.19. The molecule has 0 radical (unpaired) electrons. The summed E-state index contributed by atoms with van der Waals surface area (Å²) < 4.78 is 11.1. The molecule has 1 fully saturated rings. The van der Waals surface area contributed by atoms with Crippen LogP contribution in [0.5, 0.6) is 11.5 Å². The van der Waals surface area contributed by atoms with Gasteiger partial charge in [0, 0.05) is 17.9 Å². The zero-order chi connectivity index (χ0) is 22.4. The fourth-order valence-electron chi connectivity index (χ4n) is 4.60. The van der Waals surface area contributed by atoms with Crippen LogP contribution in [-0.2, 0) is 16.0 Å². The molecule has 3 atom stereocenters. The van der Waals surface area contributed by atoms with Crippen LogP contribution >= 0.6 is 0 Å². The minimum atomic E-state index is -0.240. The molecule has 0 bridgehead atoms. The molecule has 0 spiro atoms. The number of carbonyl (C=O) groups excluding carboxylic acids is 1. The molecule has 3 rings (SSSR count). The molecule has 1 aromatic rings. The Kier molecular flexibility index (Phi) is 8.36. The van der Waals surface area contributed by atoms with Crippen molar-refractivity contribution in [1.29, 1.82) is 0 Å². The first-order valence-corrected chi connectivity index (χ1v) is 11.9. The van der Waals surface area contributed by atoms with E-state index in [1.54, 1.807) is 0 Å². The van der Waals surface area contributed by atoms with Gasteiger partial charge in [0.2, 0.25) is 0 Å². The highest BCUT2D eigenvalue weighted by Gasteiger charge is 2.31. The van der Waals surface area contributed by atoms with Gasteiger partial charge in [-0.15, -0.1) is 0 Å². The molecule has 4 heteroatoms. The van der Waals surface area contributed by atoms with E-state index in [-0.39, 0.29) is 23.6 Å². The van der Waals surface area contributed by atoms with E-state index in [0.29, 0.717) is 18.3 Å². The predicted molar refractivity (Wildman–Crippen MR) is 125 cm³/mol. The molecule has 1 aliphatic carbocycles. The van der Waals surface area contributed by atoms with Crippen LogP contribution in [-0.4, -0.2) is 23.8 Å². The molecule has 0 aromatic heterocycles. The van der Waals surface area contributed by atoms with E-state index in [2.05, 4.69) is 26.5 Å². The molecule has 1 N–H and O–H groups in total. The average molecular weight is 427 g/mol. The molecular weight excluding hydrogens is 388 g/mol. The molecule has 31 heavy (non-hydrogen) atoms. The summed E-state index contributed by atoms with van der Waals surface area (Å²) in [5.74, 6) is 0.700. The van der Waals surface area contributed by atoms with E-state index in [1.807, 2.05) is 19.1 Å². The maximum Gasteiger partial charge on any atom is 0.311 e. The summed E-state index contributed by atoms with van der Waals surface area (Å²) in [6.07, 6.45) is 10.8. The molecule has 1 heterocycles. The smallest absolute Gasteiger partial charge is 0.311 e. The van der Waals surface area contributed by atoms with Crippen LogP contribution in [0.1, 0.15) is 89.2 Å². The number of esters is 1. The van der Waals surface area contributed by atoms with Gasteiger partial charge in [-0.2, -0.15) is 0 Å². The first-order valence-electron chi connectivity index (χ1n) is 11.9. The number of benzene rings is 1. The van der Waals surface area contributed by atoms with E-state index in [1.165, 1.54) is 5.57 Å².